The molecule has 1 aliphatic rings. The summed E-state index contributed by atoms with van der Waals surface area (Å²) in [5.74, 6) is -0.425. The fourth-order valence-corrected chi connectivity index (χ4v) is 4.69. The summed E-state index contributed by atoms with van der Waals surface area (Å²) >= 11 is 0. The third kappa shape index (κ3) is 6.23. The van der Waals surface area contributed by atoms with Gasteiger partial charge >= 0.3 is 0 Å². The molecule has 0 radical (unpaired) electrons. The summed E-state index contributed by atoms with van der Waals surface area (Å²) in [7, 11) is -3.37. The number of piperidine rings is 1. The lowest BCUT2D eigenvalue weighted by Gasteiger charge is -2.36. The molecule has 8 heteroatoms. The summed E-state index contributed by atoms with van der Waals surface area (Å²) in [5, 5.41) is 0. The van der Waals surface area contributed by atoms with Gasteiger partial charge < -0.3 is 4.90 Å². The number of halogens is 1. The van der Waals surface area contributed by atoms with Crippen LogP contribution in [0.4, 0.5) is 10.1 Å². The van der Waals surface area contributed by atoms with Crippen LogP contribution in [0.25, 0.3) is 0 Å². The van der Waals surface area contributed by atoms with Gasteiger partial charge in [0.25, 0.3) is 0 Å². The monoisotopic (exact) mass is 460 g/mol. The van der Waals surface area contributed by atoms with Gasteiger partial charge in [0.15, 0.2) is 11.6 Å². The summed E-state index contributed by atoms with van der Waals surface area (Å²) in [4.78, 5) is 27.9. The number of carbonyl (C=O) groups is 2. The van der Waals surface area contributed by atoms with Crippen molar-refractivity contribution in [2.45, 2.75) is 26.7 Å². The molecule has 1 heterocycles. The van der Waals surface area contributed by atoms with Gasteiger partial charge in [-0.25, -0.2) is 12.8 Å². The number of hydrogen-bond donors (Lipinski definition) is 1. The molecule has 0 unspecified atom stereocenters. The molecule has 2 aromatic carbocycles. The summed E-state index contributed by atoms with van der Waals surface area (Å²) < 4.78 is 38.2. The Hall–Kier alpha value is -2.58. The Morgan fingerprint density at radius 1 is 1.00 bits per heavy atom. The molecular formula is C24H29FN2O4S. The number of hydrogen-bond acceptors (Lipinski definition) is 5. The highest BCUT2D eigenvalue weighted by molar-refractivity contribution is 7.92. The molecule has 0 aromatic heterocycles. The topological polar surface area (TPSA) is 83.6 Å². The molecule has 6 nitrogen and oxygen atoms in total. The predicted octanol–water partition coefficient (Wildman–Crippen LogP) is 4.00. The first-order chi connectivity index (χ1) is 14.9. The van der Waals surface area contributed by atoms with Gasteiger partial charge in [-0.15, -0.1) is 0 Å². The normalized spacial score (nSPS) is 16.0. The van der Waals surface area contributed by atoms with Gasteiger partial charge in [0.1, 0.15) is 5.82 Å². The standard InChI is InChI=1S/C24H29FN2O4S/c1-24(2,23(29)19-6-10-21(11-7-19)26-32(3,30)31)16-27-14-12-18(13-15-27)22(28)17-4-8-20(25)9-5-17/h4-11,18,26H,12-16H2,1-3H3. The third-order valence-electron chi connectivity index (χ3n) is 5.77. The lowest BCUT2D eigenvalue weighted by Crippen LogP contribution is -2.44. The number of nitrogens with zero attached hydrogens (tertiary/aromatic N) is 1. The van der Waals surface area contributed by atoms with Crippen LogP contribution in [0, 0.1) is 17.2 Å². The molecule has 32 heavy (non-hydrogen) atoms. The van der Waals surface area contributed by atoms with E-state index in [1.54, 1.807) is 24.3 Å². The molecule has 172 valence electrons. The number of benzene rings is 2. The SMILES string of the molecule is CC(C)(CN1CCC(C(=O)c2ccc(F)cc2)CC1)C(=O)c1ccc(NS(C)(=O)=O)cc1. The summed E-state index contributed by atoms with van der Waals surface area (Å²) in [5.41, 5.74) is 0.832. The van der Waals surface area contributed by atoms with Crippen molar-refractivity contribution in [3.05, 3.63) is 65.5 Å². The Balaban J connectivity index is 1.57. The second-order valence-corrected chi connectivity index (χ2v) is 10.8. The molecule has 0 saturated carbocycles. The minimum atomic E-state index is -3.37. The van der Waals surface area contributed by atoms with Crippen molar-refractivity contribution in [3.63, 3.8) is 0 Å². The van der Waals surface area contributed by atoms with Crippen LogP contribution in [-0.2, 0) is 10.0 Å². The van der Waals surface area contributed by atoms with Gasteiger partial charge in [-0.05, 0) is 74.5 Å². The Kier molecular flexibility index (Phi) is 7.15. The van der Waals surface area contributed by atoms with Crippen molar-refractivity contribution in [1.29, 1.82) is 0 Å². The van der Waals surface area contributed by atoms with Crippen molar-refractivity contribution in [2.24, 2.45) is 11.3 Å². The van der Waals surface area contributed by atoms with Crippen LogP contribution in [-0.4, -0.2) is 50.8 Å². The van der Waals surface area contributed by atoms with Crippen LogP contribution in [0.5, 0.6) is 0 Å². The highest BCUT2D eigenvalue weighted by Crippen LogP contribution is 2.28. The van der Waals surface area contributed by atoms with E-state index in [4.69, 9.17) is 0 Å². The zero-order chi connectivity index (χ0) is 23.5. The van der Waals surface area contributed by atoms with Crippen molar-refractivity contribution in [1.82, 2.24) is 4.90 Å². The molecule has 0 bridgehead atoms. The Morgan fingerprint density at radius 3 is 2.06 bits per heavy atom. The van der Waals surface area contributed by atoms with Gasteiger partial charge in [-0.3, -0.25) is 14.3 Å². The van der Waals surface area contributed by atoms with Gasteiger partial charge in [-0.1, -0.05) is 13.8 Å². The first kappa shape index (κ1) is 24.1. The van der Waals surface area contributed by atoms with E-state index in [1.165, 1.54) is 24.3 Å². The molecule has 1 saturated heterocycles. The minimum absolute atomic E-state index is 0.0204. The number of nitrogens with one attached hydrogen (secondary N) is 1. The number of Topliss-reactive ketones (excluding diaryl/α,β-unsaturated/α-hetero) is 2. The number of anilines is 1. The van der Waals surface area contributed by atoms with E-state index < -0.39 is 15.4 Å². The zero-order valence-corrected chi connectivity index (χ0v) is 19.4. The van der Waals surface area contributed by atoms with E-state index in [-0.39, 0.29) is 23.3 Å². The molecule has 0 atom stereocenters. The zero-order valence-electron chi connectivity index (χ0n) is 18.6. The second-order valence-electron chi connectivity index (χ2n) is 9.09. The number of sulfonamides is 1. The highest BCUT2D eigenvalue weighted by atomic mass is 32.2. The second kappa shape index (κ2) is 9.50. The Bertz CT molecular complexity index is 1070. The number of carbonyl (C=O) groups excluding carboxylic acids is 2. The van der Waals surface area contributed by atoms with Gasteiger partial charge in [0.2, 0.25) is 10.0 Å². The van der Waals surface area contributed by atoms with Gasteiger partial charge in [0.05, 0.1) is 6.26 Å². The molecule has 1 aliphatic heterocycles. The van der Waals surface area contributed by atoms with E-state index in [0.29, 0.717) is 49.3 Å². The molecule has 2 aromatic rings. The van der Waals surface area contributed by atoms with Crippen LogP contribution in [0.3, 0.4) is 0 Å². The van der Waals surface area contributed by atoms with Crippen LogP contribution < -0.4 is 4.72 Å². The van der Waals surface area contributed by atoms with Crippen molar-refractivity contribution >= 4 is 27.3 Å². The molecule has 0 amide bonds. The van der Waals surface area contributed by atoms with E-state index >= 15 is 0 Å². The first-order valence-corrected chi connectivity index (χ1v) is 12.5. The molecule has 3 rings (SSSR count). The van der Waals surface area contributed by atoms with Crippen molar-refractivity contribution < 1.29 is 22.4 Å². The smallest absolute Gasteiger partial charge is 0.229 e. The van der Waals surface area contributed by atoms with Gasteiger partial charge in [0, 0.05) is 34.7 Å². The van der Waals surface area contributed by atoms with E-state index in [1.807, 2.05) is 13.8 Å². The molecule has 0 aliphatic carbocycles. The summed E-state index contributed by atoms with van der Waals surface area (Å²) in [6.45, 7) is 5.78. The average Bonchev–Trinajstić information content (AvgIpc) is 2.73. The Morgan fingerprint density at radius 2 is 1.53 bits per heavy atom. The summed E-state index contributed by atoms with van der Waals surface area (Å²) in [6.07, 6.45) is 2.48. The lowest BCUT2D eigenvalue weighted by molar-refractivity contribution is 0.0678. The van der Waals surface area contributed by atoms with Gasteiger partial charge in [-0.2, -0.15) is 0 Å². The van der Waals surface area contributed by atoms with Crippen molar-refractivity contribution in [3.8, 4) is 0 Å². The summed E-state index contributed by atoms with van der Waals surface area (Å²) in [6, 6.07) is 12.1. The first-order valence-electron chi connectivity index (χ1n) is 10.6. The van der Waals surface area contributed by atoms with Crippen LogP contribution >= 0.6 is 0 Å². The maximum atomic E-state index is 13.1. The van der Waals surface area contributed by atoms with E-state index in [0.717, 1.165) is 6.26 Å². The minimum Gasteiger partial charge on any atom is -0.302 e. The largest absolute Gasteiger partial charge is 0.302 e. The fourth-order valence-electron chi connectivity index (χ4n) is 4.13. The predicted molar refractivity (Wildman–Crippen MR) is 123 cm³/mol. The quantitative estimate of drug-likeness (QED) is 0.602. The Labute approximate surface area is 188 Å². The molecule has 1 N–H and O–H groups in total. The van der Waals surface area contributed by atoms with Crippen LogP contribution in [0.2, 0.25) is 0 Å². The maximum absolute atomic E-state index is 13.1. The van der Waals surface area contributed by atoms with E-state index in [9.17, 15) is 22.4 Å². The molecular weight excluding hydrogens is 431 g/mol. The molecule has 0 spiro atoms. The van der Waals surface area contributed by atoms with Crippen LogP contribution in [0.15, 0.2) is 48.5 Å². The number of rotatable bonds is 8. The molecule has 1 fully saturated rings. The fraction of sp³-hybridized carbons (Fsp3) is 0.417. The van der Waals surface area contributed by atoms with Crippen LogP contribution in [0.1, 0.15) is 47.4 Å². The van der Waals surface area contributed by atoms with Crippen molar-refractivity contribution in [2.75, 3.05) is 30.6 Å². The maximum Gasteiger partial charge on any atom is 0.229 e. The third-order valence-corrected chi connectivity index (χ3v) is 6.38. The highest BCUT2D eigenvalue weighted by Gasteiger charge is 2.33. The number of likely N-dealkylation sites (tertiary alicyclic amines) is 1. The number of ketones is 2. The lowest BCUT2D eigenvalue weighted by atomic mass is 9.82. The van der Waals surface area contributed by atoms with E-state index in [2.05, 4.69) is 9.62 Å². The average molecular weight is 461 g/mol.